The van der Waals surface area contributed by atoms with Gasteiger partial charge in [0.25, 0.3) is 5.91 Å². The van der Waals surface area contributed by atoms with Gasteiger partial charge in [0, 0.05) is 33.1 Å². The number of nitrogens with one attached hydrogen (secondary N) is 1. The van der Waals surface area contributed by atoms with E-state index in [0.29, 0.717) is 27.4 Å². The van der Waals surface area contributed by atoms with E-state index in [9.17, 15) is 9.59 Å². The molecule has 6 nitrogen and oxygen atoms in total. The van der Waals surface area contributed by atoms with Crippen LogP contribution in [0.5, 0.6) is 5.88 Å². The topological polar surface area (TPSA) is 98.1 Å². The summed E-state index contributed by atoms with van der Waals surface area (Å²) in [5.74, 6) is -0.233. The number of rotatable bonds is 6. The van der Waals surface area contributed by atoms with Crippen molar-refractivity contribution in [1.82, 2.24) is 9.97 Å². The molecule has 0 bridgehead atoms. The number of aromatic amines is 1. The molecule has 0 spiro atoms. The van der Waals surface area contributed by atoms with Crippen molar-refractivity contribution in [2.45, 2.75) is 18.8 Å². The molecule has 1 aliphatic rings. The van der Waals surface area contributed by atoms with E-state index < -0.39 is 5.91 Å². The van der Waals surface area contributed by atoms with Gasteiger partial charge in [-0.1, -0.05) is 23.7 Å². The molecule has 3 N–H and O–H groups in total. The van der Waals surface area contributed by atoms with Crippen LogP contribution in [-0.2, 0) is 0 Å². The Morgan fingerprint density at radius 2 is 1.97 bits per heavy atom. The number of benzene rings is 2. The van der Waals surface area contributed by atoms with E-state index in [-0.39, 0.29) is 23.8 Å². The first-order valence-corrected chi connectivity index (χ1v) is 10.0. The second-order valence-electron chi connectivity index (χ2n) is 7.54. The summed E-state index contributed by atoms with van der Waals surface area (Å²) in [6, 6.07) is 12.8. The molecule has 1 saturated carbocycles. The number of halogens is 1. The van der Waals surface area contributed by atoms with Gasteiger partial charge < -0.3 is 15.5 Å². The first-order chi connectivity index (χ1) is 14.5. The summed E-state index contributed by atoms with van der Waals surface area (Å²) in [4.78, 5) is 32.2. The van der Waals surface area contributed by atoms with Gasteiger partial charge in [0.15, 0.2) is 6.61 Å². The van der Waals surface area contributed by atoms with Crippen molar-refractivity contribution in [3.8, 4) is 5.88 Å². The fraction of sp³-hybridized carbons (Fsp3) is 0.174. The van der Waals surface area contributed by atoms with Crippen LogP contribution in [0, 0.1) is 0 Å². The predicted octanol–water partition coefficient (Wildman–Crippen LogP) is 4.61. The van der Waals surface area contributed by atoms with E-state index in [1.165, 1.54) is 18.4 Å². The standard InChI is InChI=1S/C23H18ClN3O3/c24-15-4-6-19-14(7-15)8-17(22(25)29)23(27-19)30-11-21(28)18-10-26-20-9-13(12-1-2-12)3-5-16(18)20/h3-10,12,26H,1-2,11H2,(H2,25,29). The molecule has 0 aliphatic heterocycles. The zero-order valence-electron chi connectivity index (χ0n) is 15.9. The molecule has 0 radical (unpaired) electrons. The average molecular weight is 420 g/mol. The highest BCUT2D eigenvalue weighted by atomic mass is 35.5. The zero-order valence-corrected chi connectivity index (χ0v) is 16.7. The van der Waals surface area contributed by atoms with Gasteiger partial charge >= 0.3 is 0 Å². The third-order valence-corrected chi connectivity index (χ3v) is 5.64. The Labute approximate surface area is 177 Å². The monoisotopic (exact) mass is 419 g/mol. The summed E-state index contributed by atoms with van der Waals surface area (Å²) in [5, 5.41) is 2.04. The fourth-order valence-electron chi connectivity index (χ4n) is 3.67. The number of hydrogen-bond acceptors (Lipinski definition) is 4. The van der Waals surface area contributed by atoms with Crippen molar-refractivity contribution < 1.29 is 14.3 Å². The van der Waals surface area contributed by atoms with Crippen LogP contribution >= 0.6 is 11.6 Å². The van der Waals surface area contributed by atoms with Crippen LogP contribution in [0.2, 0.25) is 5.02 Å². The molecule has 5 rings (SSSR count). The van der Waals surface area contributed by atoms with E-state index in [1.54, 1.807) is 30.5 Å². The van der Waals surface area contributed by atoms with Crippen molar-refractivity contribution in [1.29, 1.82) is 0 Å². The van der Waals surface area contributed by atoms with E-state index in [0.717, 1.165) is 10.9 Å². The molecular formula is C23H18ClN3O3. The number of nitrogens with zero attached hydrogens (tertiary/aromatic N) is 1. The van der Waals surface area contributed by atoms with E-state index in [2.05, 4.69) is 22.1 Å². The molecule has 0 atom stereocenters. The number of nitrogens with two attached hydrogens (primary N) is 1. The van der Waals surface area contributed by atoms with Crippen LogP contribution in [0.1, 0.15) is 45.0 Å². The summed E-state index contributed by atoms with van der Waals surface area (Å²) < 4.78 is 5.63. The average Bonchev–Trinajstić information content (AvgIpc) is 3.50. The number of hydrogen-bond donors (Lipinski definition) is 2. The minimum absolute atomic E-state index is 0.0292. The summed E-state index contributed by atoms with van der Waals surface area (Å²) in [5.41, 5.74) is 8.94. The summed E-state index contributed by atoms with van der Waals surface area (Å²) in [7, 11) is 0. The SMILES string of the molecule is NC(=O)c1cc2cc(Cl)ccc2nc1OCC(=O)c1c[nH]c2cc(C3CC3)ccc12. The first-order valence-electron chi connectivity index (χ1n) is 9.67. The Balaban J connectivity index is 1.41. The van der Waals surface area contributed by atoms with Gasteiger partial charge in [-0.2, -0.15) is 0 Å². The van der Waals surface area contributed by atoms with Gasteiger partial charge in [0.1, 0.15) is 5.56 Å². The number of fused-ring (bicyclic) bond motifs is 2. The lowest BCUT2D eigenvalue weighted by molar-refractivity contribution is 0.0910. The minimum atomic E-state index is -0.688. The first kappa shape index (κ1) is 18.6. The van der Waals surface area contributed by atoms with Crippen LogP contribution in [0.25, 0.3) is 21.8 Å². The van der Waals surface area contributed by atoms with Crippen LogP contribution in [-0.4, -0.2) is 28.3 Å². The van der Waals surface area contributed by atoms with Crippen molar-refractivity contribution in [2.24, 2.45) is 5.73 Å². The van der Waals surface area contributed by atoms with Crippen LogP contribution in [0.4, 0.5) is 0 Å². The lowest BCUT2D eigenvalue weighted by atomic mass is 10.1. The fourth-order valence-corrected chi connectivity index (χ4v) is 3.85. The molecule has 30 heavy (non-hydrogen) atoms. The maximum absolute atomic E-state index is 12.8. The van der Waals surface area contributed by atoms with Gasteiger partial charge in [0.2, 0.25) is 11.7 Å². The molecular weight excluding hydrogens is 402 g/mol. The lowest BCUT2D eigenvalue weighted by Gasteiger charge is -2.10. The second kappa shape index (κ2) is 7.15. The third-order valence-electron chi connectivity index (χ3n) is 5.40. The molecule has 4 aromatic rings. The van der Waals surface area contributed by atoms with Gasteiger partial charge in [-0.25, -0.2) is 4.98 Å². The summed E-state index contributed by atoms with van der Waals surface area (Å²) >= 11 is 6.01. The molecule has 7 heteroatoms. The van der Waals surface area contributed by atoms with Gasteiger partial charge in [-0.05, 0) is 54.7 Å². The molecule has 2 aromatic carbocycles. The highest BCUT2D eigenvalue weighted by molar-refractivity contribution is 6.31. The van der Waals surface area contributed by atoms with Crippen molar-refractivity contribution in [3.05, 3.63) is 70.4 Å². The Morgan fingerprint density at radius 3 is 2.73 bits per heavy atom. The molecule has 1 aliphatic carbocycles. The summed E-state index contributed by atoms with van der Waals surface area (Å²) in [6.07, 6.45) is 4.13. The quantitative estimate of drug-likeness (QED) is 0.446. The highest BCUT2D eigenvalue weighted by Crippen LogP contribution is 2.41. The van der Waals surface area contributed by atoms with E-state index in [1.807, 2.05) is 6.07 Å². The van der Waals surface area contributed by atoms with Crippen LogP contribution < -0.4 is 10.5 Å². The Morgan fingerprint density at radius 1 is 1.13 bits per heavy atom. The maximum atomic E-state index is 12.8. The number of carbonyl (C=O) groups excluding carboxylic acids is 2. The number of primary amides is 1. The molecule has 2 heterocycles. The number of H-pyrrole nitrogens is 1. The highest BCUT2D eigenvalue weighted by Gasteiger charge is 2.24. The predicted molar refractivity (Wildman–Crippen MR) is 115 cm³/mol. The van der Waals surface area contributed by atoms with E-state index in [4.69, 9.17) is 22.1 Å². The molecule has 1 fully saturated rings. The number of ether oxygens (including phenoxy) is 1. The number of ketones is 1. The molecule has 0 unspecified atom stereocenters. The summed E-state index contributed by atoms with van der Waals surface area (Å²) in [6.45, 7) is -0.260. The number of carbonyl (C=O) groups is 2. The molecule has 1 amide bonds. The smallest absolute Gasteiger partial charge is 0.254 e. The van der Waals surface area contributed by atoms with Crippen molar-refractivity contribution >= 4 is 45.1 Å². The Kier molecular flexibility index (Phi) is 4.44. The second-order valence-corrected chi connectivity index (χ2v) is 7.97. The maximum Gasteiger partial charge on any atom is 0.254 e. The van der Waals surface area contributed by atoms with Crippen LogP contribution in [0.15, 0.2) is 48.7 Å². The largest absolute Gasteiger partial charge is 0.469 e. The van der Waals surface area contributed by atoms with Crippen LogP contribution in [0.3, 0.4) is 0 Å². The Hall–Kier alpha value is -3.38. The number of pyridine rings is 1. The lowest BCUT2D eigenvalue weighted by Crippen LogP contribution is -2.17. The van der Waals surface area contributed by atoms with Gasteiger partial charge in [-0.3, -0.25) is 9.59 Å². The number of aromatic nitrogens is 2. The van der Waals surface area contributed by atoms with Gasteiger partial charge in [-0.15, -0.1) is 0 Å². The number of Topliss-reactive ketones (excluding diaryl/α,β-unsaturated/α-hetero) is 1. The molecule has 0 saturated heterocycles. The third kappa shape index (κ3) is 3.39. The molecule has 150 valence electrons. The Bertz CT molecular complexity index is 1320. The van der Waals surface area contributed by atoms with E-state index >= 15 is 0 Å². The van der Waals surface area contributed by atoms with Crippen molar-refractivity contribution in [3.63, 3.8) is 0 Å². The normalized spacial score (nSPS) is 13.6. The number of amides is 1. The molecule has 2 aromatic heterocycles. The van der Waals surface area contributed by atoms with Gasteiger partial charge in [0.05, 0.1) is 5.52 Å². The van der Waals surface area contributed by atoms with Crippen molar-refractivity contribution in [2.75, 3.05) is 6.61 Å². The minimum Gasteiger partial charge on any atom is -0.469 e. The zero-order chi connectivity index (χ0) is 20.8.